The third-order valence-electron chi connectivity index (χ3n) is 3.52. The quantitative estimate of drug-likeness (QED) is 0.846. The molecule has 0 spiro atoms. The highest BCUT2D eigenvalue weighted by Crippen LogP contribution is 2.22. The summed E-state index contributed by atoms with van der Waals surface area (Å²) in [5, 5.41) is 11.1. The molecule has 1 heterocycles. The third-order valence-corrected chi connectivity index (χ3v) is 4.47. The van der Waals surface area contributed by atoms with Crippen molar-refractivity contribution in [2.75, 3.05) is 7.11 Å². The molecule has 0 aliphatic carbocycles. The van der Waals surface area contributed by atoms with Crippen LogP contribution in [-0.4, -0.2) is 35.0 Å². The summed E-state index contributed by atoms with van der Waals surface area (Å²) >= 11 is 1.30. The zero-order valence-electron chi connectivity index (χ0n) is 13.1. The molecule has 0 bridgehead atoms. The van der Waals surface area contributed by atoms with Crippen LogP contribution in [0.1, 0.15) is 27.7 Å². The van der Waals surface area contributed by atoms with Gasteiger partial charge in [-0.2, -0.15) is 0 Å². The fraction of sp³-hybridized carbons (Fsp3) is 0.294. The molecule has 0 saturated heterocycles. The van der Waals surface area contributed by atoms with E-state index < -0.39 is 12.0 Å². The van der Waals surface area contributed by atoms with Crippen molar-refractivity contribution in [2.24, 2.45) is 0 Å². The number of hydrogen-bond donors (Lipinski definition) is 1. The average molecular weight is 333 g/mol. The van der Waals surface area contributed by atoms with Gasteiger partial charge >= 0.3 is 5.97 Å². The highest BCUT2D eigenvalue weighted by Gasteiger charge is 2.28. The maximum absolute atomic E-state index is 12.9. The first-order valence-electron chi connectivity index (χ1n) is 7.17. The van der Waals surface area contributed by atoms with E-state index in [0.717, 1.165) is 11.1 Å². The second-order valence-electron chi connectivity index (χ2n) is 5.14. The number of hydrogen-bond acceptors (Lipinski definition) is 4. The van der Waals surface area contributed by atoms with Crippen LogP contribution < -0.4 is 0 Å². The molecule has 1 aromatic carbocycles. The summed E-state index contributed by atoms with van der Waals surface area (Å²) in [5.41, 5.74) is 1.66. The number of carbonyl (C=O) groups is 2. The van der Waals surface area contributed by atoms with Crippen molar-refractivity contribution in [1.82, 2.24) is 4.90 Å². The SMILES string of the molecule is COCc1ccsc1C(=O)N(Cc1ccccc1)C(C)C(=O)O. The van der Waals surface area contributed by atoms with E-state index in [1.165, 1.54) is 23.2 Å². The Balaban J connectivity index is 2.30. The molecule has 0 radical (unpaired) electrons. The number of carboxylic acid groups (broad SMARTS) is 1. The van der Waals surface area contributed by atoms with Gasteiger partial charge in [-0.15, -0.1) is 11.3 Å². The molecule has 0 saturated carbocycles. The van der Waals surface area contributed by atoms with Gasteiger partial charge in [0.2, 0.25) is 0 Å². The summed E-state index contributed by atoms with van der Waals surface area (Å²) in [6.07, 6.45) is 0. The molecule has 5 nitrogen and oxygen atoms in total. The van der Waals surface area contributed by atoms with E-state index in [4.69, 9.17) is 4.74 Å². The normalized spacial score (nSPS) is 11.9. The van der Waals surface area contributed by atoms with Crippen LogP contribution in [0.15, 0.2) is 41.8 Å². The minimum Gasteiger partial charge on any atom is -0.480 e. The number of benzene rings is 1. The van der Waals surface area contributed by atoms with Gasteiger partial charge in [0.05, 0.1) is 11.5 Å². The lowest BCUT2D eigenvalue weighted by atomic mass is 10.1. The largest absolute Gasteiger partial charge is 0.480 e. The van der Waals surface area contributed by atoms with Crippen molar-refractivity contribution in [2.45, 2.75) is 26.1 Å². The van der Waals surface area contributed by atoms with Crippen molar-refractivity contribution in [1.29, 1.82) is 0 Å². The molecule has 0 aliphatic heterocycles. The van der Waals surface area contributed by atoms with Gasteiger partial charge in [-0.3, -0.25) is 4.79 Å². The Morgan fingerprint density at radius 3 is 2.57 bits per heavy atom. The van der Waals surface area contributed by atoms with Crippen molar-refractivity contribution >= 4 is 23.2 Å². The smallest absolute Gasteiger partial charge is 0.326 e. The molecule has 2 aromatic rings. The topological polar surface area (TPSA) is 66.8 Å². The van der Waals surface area contributed by atoms with Crippen LogP contribution in [0.25, 0.3) is 0 Å². The summed E-state index contributed by atoms with van der Waals surface area (Å²) in [4.78, 5) is 26.2. The minimum absolute atomic E-state index is 0.247. The first-order chi connectivity index (χ1) is 11.0. The van der Waals surface area contributed by atoms with E-state index in [9.17, 15) is 14.7 Å². The van der Waals surface area contributed by atoms with Crippen molar-refractivity contribution in [3.63, 3.8) is 0 Å². The predicted molar refractivity (Wildman–Crippen MR) is 88.4 cm³/mol. The number of ether oxygens (including phenoxy) is 1. The van der Waals surface area contributed by atoms with Crippen molar-refractivity contribution < 1.29 is 19.4 Å². The Morgan fingerprint density at radius 1 is 1.26 bits per heavy atom. The van der Waals surface area contributed by atoms with Crippen LogP contribution in [0, 0.1) is 0 Å². The Hall–Kier alpha value is -2.18. The minimum atomic E-state index is -1.03. The summed E-state index contributed by atoms with van der Waals surface area (Å²) in [7, 11) is 1.56. The Kier molecular flexibility index (Phi) is 5.90. The first kappa shape index (κ1) is 17.2. The molecule has 2 rings (SSSR count). The highest BCUT2D eigenvalue weighted by molar-refractivity contribution is 7.12. The van der Waals surface area contributed by atoms with Crippen LogP contribution in [0.2, 0.25) is 0 Å². The van der Waals surface area contributed by atoms with Crippen molar-refractivity contribution in [3.05, 3.63) is 57.8 Å². The van der Waals surface area contributed by atoms with Gasteiger partial charge in [0.15, 0.2) is 0 Å². The standard InChI is InChI=1S/C17H19NO4S/c1-12(17(20)21)18(10-13-6-4-3-5-7-13)16(19)15-14(11-22-2)8-9-23-15/h3-9,12H,10-11H2,1-2H3,(H,20,21). The predicted octanol–water partition coefficient (Wildman–Crippen LogP) is 3.01. The van der Waals surface area contributed by atoms with E-state index in [-0.39, 0.29) is 12.5 Å². The lowest BCUT2D eigenvalue weighted by Crippen LogP contribution is -2.42. The van der Waals surface area contributed by atoms with Gasteiger partial charge < -0.3 is 14.7 Å². The number of amides is 1. The summed E-state index contributed by atoms with van der Waals surface area (Å²) in [5.74, 6) is -1.31. The van der Waals surface area contributed by atoms with Crippen LogP contribution in [0.3, 0.4) is 0 Å². The molecule has 23 heavy (non-hydrogen) atoms. The van der Waals surface area contributed by atoms with Crippen LogP contribution in [-0.2, 0) is 22.7 Å². The number of thiophene rings is 1. The van der Waals surface area contributed by atoms with Crippen LogP contribution in [0.5, 0.6) is 0 Å². The van der Waals surface area contributed by atoms with E-state index in [0.29, 0.717) is 11.5 Å². The lowest BCUT2D eigenvalue weighted by Gasteiger charge is -2.26. The number of carboxylic acids is 1. The molecule has 1 amide bonds. The monoisotopic (exact) mass is 333 g/mol. The maximum Gasteiger partial charge on any atom is 0.326 e. The fourth-order valence-electron chi connectivity index (χ4n) is 2.22. The zero-order valence-corrected chi connectivity index (χ0v) is 13.9. The van der Waals surface area contributed by atoms with Gasteiger partial charge in [-0.25, -0.2) is 4.79 Å². The molecule has 1 unspecified atom stereocenters. The second kappa shape index (κ2) is 7.89. The fourth-order valence-corrected chi connectivity index (χ4v) is 3.09. The molecule has 0 fully saturated rings. The molecule has 1 aromatic heterocycles. The van der Waals surface area contributed by atoms with Gasteiger partial charge in [0, 0.05) is 19.2 Å². The molecular weight excluding hydrogens is 314 g/mol. The van der Waals surface area contributed by atoms with Gasteiger partial charge in [-0.05, 0) is 23.9 Å². The van der Waals surface area contributed by atoms with E-state index >= 15 is 0 Å². The highest BCUT2D eigenvalue weighted by atomic mass is 32.1. The number of carbonyl (C=O) groups excluding carboxylic acids is 1. The van der Waals surface area contributed by atoms with Gasteiger partial charge in [0.25, 0.3) is 5.91 Å². The van der Waals surface area contributed by atoms with Crippen molar-refractivity contribution in [3.8, 4) is 0 Å². The number of rotatable bonds is 7. The maximum atomic E-state index is 12.9. The van der Waals surface area contributed by atoms with Crippen LogP contribution >= 0.6 is 11.3 Å². The van der Waals surface area contributed by atoms with E-state index in [1.54, 1.807) is 7.11 Å². The molecule has 1 N–H and O–H groups in total. The molecule has 6 heteroatoms. The number of aliphatic carboxylic acids is 1. The number of nitrogens with zero attached hydrogens (tertiary/aromatic N) is 1. The zero-order chi connectivity index (χ0) is 16.8. The van der Waals surface area contributed by atoms with Gasteiger partial charge in [-0.1, -0.05) is 30.3 Å². The summed E-state index contributed by atoms with van der Waals surface area (Å²) in [6.45, 7) is 2.09. The second-order valence-corrected chi connectivity index (χ2v) is 6.06. The average Bonchev–Trinajstić information content (AvgIpc) is 3.01. The number of methoxy groups -OCH3 is 1. The summed E-state index contributed by atoms with van der Waals surface area (Å²) < 4.78 is 5.10. The van der Waals surface area contributed by atoms with E-state index in [1.807, 2.05) is 41.8 Å². The van der Waals surface area contributed by atoms with Gasteiger partial charge in [0.1, 0.15) is 6.04 Å². The third kappa shape index (κ3) is 4.18. The Morgan fingerprint density at radius 2 is 1.96 bits per heavy atom. The first-order valence-corrected chi connectivity index (χ1v) is 8.05. The molecule has 122 valence electrons. The lowest BCUT2D eigenvalue weighted by molar-refractivity contribution is -0.141. The summed E-state index contributed by atoms with van der Waals surface area (Å²) in [6, 6.07) is 10.3. The van der Waals surface area contributed by atoms with E-state index in [2.05, 4.69) is 0 Å². The van der Waals surface area contributed by atoms with Crippen LogP contribution in [0.4, 0.5) is 0 Å². The molecular formula is C17H19NO4S. The Bertz CT molecular complexity index is 668. The Labute approximate surface area is 139 Å². The molecule has 0 aliphatic rings. The molecule has 1 atom stereocenters.